The van der Waals surface area contributed by atoms with E-state index in [2.05, 4.69) is 56.1 Å². The highest BCUT2D eigenvalue weighted by molar-refractivity contribution is 5.99. The molecule has 0 radical (unpaired) electrons. The molecule has 1 saturated heterocycles. The van der Waals surface area contributed by atoms with Gasteiger partial charge in [-0.25, -0.2) is 15.0 Å². The molecule has 5 aromatic rings. The number of para-hydroxylation sites is 1. The molecule has 37 heavy (non-hydrogen) atoms. The van der Waals surface area contributed by atoms with Crippen LogP contribution in [0.15, 0.2) is 65.7 Å². The quantitative estimate of drug-likeness (QED) is 0.325. The summed E-state index contributed by atoms with van der Waals surface area (Å²) in [4.78, 5) is 35.8. The second kappa shape index (κ2) is 9.33. The fraction of sp³-hybridized carbons (Fsp3) is 0.286. The van der Waals surface area contributed by atoms with E-state index in [1.807, 2.05) is 37.3 Å². The lowest BCUT2D eigenvalue weighted by Gasteiger charge is -2.36. The Morgan fingerprint density at radius 2 is 1.76 bits per heavy atom. The fourth-order valence-corrected chi connectivity index (χ4v) is 5.14. The monoisotopic (exact) mass is 495 g/mol. The number of nitrogens with zero attached hydrogens (tertiary/aromatic N) is 4. The third kappa shape index (κ3) is 4.42. The molecule has 1 fully saturated rings. The van der Waals surface area contributed by atoms with Crippen LogP contribution in [-0.2, 0) is 4.74 Å². The first-order chi connectivity index (χ1) is 18.0. The molecule has 1 aliphatic rings. The first-order valence-electron chi connectivity index (χ1n) is 12.6. The van der Waals surface area contributed by atoms with Gasteiger partial charge in [-0.2, -0.15) is 0 Å². The van der Waals surface area contributed by atoms with Crippen molar-refractivity contribution >= 4 is 33.3 Å². The Morgan fingerprint density at radius 3 is 2.54 bits per heavy atom. The Hall–Kier alpha value is -4.24. The van der Waals surface area contributed by atoms with Crippen molar-refractivity contribution < 1.29 is 4.74 Å². The van der Waals surface area contributed by atoms with Gasteiger partial charge < -0.3 is 24.9 Å². The summed E-state index contributed by atoms with van der Waals surface area (Å²) in [6, 6.07) is 15.5. The highest BCUT2D eigenvalue weighted by atomic mass is 16.5. The van der Waals surface area contributed by atoms with Gasteiger partial charge in [0.05, 0.1) is 40.5 Å². The molecule has 0 saturated carbocycles. The number of nitrogens with one attached hydrogen (secondary N) is 3. The number of imidazole rings is 1. The largest absolute Gasteiger partial charge is 0.374 e. The third-order valence-electron chi connectivity index (χ3n) is 6.74. The molecule has 4 heterocycles. The minimum absolute atomic E-state index is 0.164. The van der Waals surface area contributed by atoms with Gasteiger partial charge in [0.15, 0.2) is 0 Å². The molecular weight excluding hydrogens is 466 g/mol. The van der Waals surface area contributed by atoms with E-state index >= 15 is 0 Å². The molecule has 188 valence electrons. The van der Waals surface area contributed by atoms with Crippen LogP contribution in [0.25, 0.3) is 33.3 Å². The zero-order valence-electron chi connectivity index (χ0n) is 21.0. The van der Waals surface area contributed by atoms with Gasteiger partial charge in [-0.15, -0.1) is 0 Å². The summed E-state index contributed by atoms with van der Waals surface area (Å²) in [7, 11) is 0. The lowest BCUT2D eigenvalue weighted by atomic mass is 10.1. The van der Waals surface area contributed by atoms with Crippen LogP contribution in [0.3, 0.4) is 0 Å². The van der Waals surface area contributed by atoms with Gasteiger partial charge in [0.1, 0.15) is 17.2 Å². The number of aromatic amines is 2. The van der Waals surface area contributed by atoms with Crippen LogP contribution >= 0.6 is 0 Å². The average Bonchev–Trinajstić information content (AvgIpc) is 3.31. The lowest BCUT2D eigenvalue weighted by molar-refractivity contribution is -0.00521. The lowest BCUT2D eigenvalue weighted by Crippen LogP contribution is -2.45. The van der Waals surface area contributed by atoms with Crippen molar-refractivity contribution in [3.8, 4) is 11.4 Å². The van der Waals surface area contributed by atoms with Gasteiger partial charge in [0.25, 0.3) is 5.56 Å². The van der Waals surface area contributed by atoms with Crippen LogP contribution in [0.2, 0.25) is 0 Å². The number of pyridine rings is 1. The summed E-state index contributed by atoms with van der Waals surface area (Å²) in [5.41, 5.74) is 4.43. The minimum atomic E-state index is -0.230. The van der Waals surface area contributed by atoms with Crippen LogP contribution in [0.1, 0.15) is 32.6 Å². The van der Waals surface area contributed by atoms with Crippen molar-refractivity contribution in [3.05, 3.63) is 77.1 Å². The van der Waals surface area contributed by atoms with Gasteiger partial charge in [-0.1, -0.05) is 18.2 Å². The van der Waals surface area contributed by atoms with Crippen LogP contribution in [-0.4, -0.2) is 50.2 Å². The van der Waals surface area contributed by atoms with Crippen LogP contribution in [0, 0.1) is 0 Å². The second-order valence-corrected chi connectivity index (χ2v) is 9.67. The molecule has 1 aliphatic heterocycles. The van der Waals surface area contributed by atoms with Crippen molar-refractivity contribution in [2.24, 2.45) is 0 Å². The van der Waals surface area contributed by atoms with Crippen LogP contribution < -0.4 is 15.8 Å². The number of H-pyrrole nitrogens is 2. The number of hydrogen-bond acceptors (Lipinski definition) is 7. The molecule has 2 aromatic carbocycles. The maximum absolute atomic E-state index is 13.4. The maximum Gasteiger partial charge on any atom is 0.261 e. The molecule has 9 nitrogen and oxygen atoms in total. The van der Waals surface area contributed by atoms with E-state index in [1.165, 1.54) is 0 Å². The Balaban J connectivity index is 1.45. The van der Waals surface area contributed by atoms with Crippen molar-refractivity contribution in [2.75, 3.05) is 23.3 Å². The molecule has 3 N–H and O–H groups in total. The summed E-state index contributed by atoms with van der Waals surface area (Å²) in [5.74, 6) is 1.15. The zero-order chi connectivity index (χ0) is 25.5. The molecule has 0 spiro atoms. The Labute approximate surface area is 213 Å². The van der Waals surface area contributed by atoms with E-state index in [-0.39, 0.29) is 23.8 Å². The van der Waals surface area contributed by atoms with Gasteiger partial charge in [-0.3, -0.25) is 4.79 Å². The summed E-state index contributed by atoms with van der Waals surface area (Å²) < 4.78 is 5.90. The van der Waals surface area contributed by atoms with Gasteiger partial charge >= 0.3 is 0 Å². The highest BCUT2D eigenvalue weighted by Gasteiger charge is 2.24. The number of aromatic nitrogens is 5. The molecule has 9 heteroatoms. The Morgan fingerprint density at radius 1 is 1.00 bits per heavy atom. The Kier molecular flexibility index (Phi) is 5.84. The zero-order valence-corrected chi connectivity index (χ0v) is 21.0. The molecule has 3 aromatic heterocycles. The topological polar surface area (TPSA) is 112 Å². The highest BCUT2D eigenvalue weighted by Crippen LogP contribution is 2.33. The Bertz CT molecular complexity index is 1620. The van der Waals surface area contributed by atoms with E-state index in [4.69, 9.17) is 9.72 Å². The molecule has 6 rings (SSSR count). The van der Waals surface area contributed by atoms with E-state index < -0.39 is 0 Å². The van der Waals surface area contributed by atoms with Crippen molar-refractivity contribution in [3.63, 3.8) is 0 Å². The van der Waals surface area contributed by atoms with Gasteiger partial charge in [0.2, 0.25) is 0 Å². The molecule has 0 bridgehead atoms. The fourth-order valence-electron chi connectivity index (χ4n) is 5.14. The molecule has 3 atom stereocenters. The first-order valence-corrected chi connectivity index (χ1v) is 12.6. The summed E-state index contributed by atoms with van der Waals surface area (Å²) in [5, 5.41) is 4.39. The molecule has 0 aliphatic carbocycles. The molecular formula is C28H29N7O2. The van der Waals surface area contributed by atoms with Gasteiger partial charge in [0, 0.05) is 36.6 Å². The standard InChI is InChI=1S/C28H29N7O2/c1-16-14-35(15-17(2)37-16)19-9-10-22-23(13-19)33-27(32-22)24-25(31-18(3)26-29-11-6-12-30-26)20-7-4-5-8-21(20)34-28(24)36/h4-13,16-18H,14-15H2,1-3H3,(H,32,33)(H2,31,34,36)/t16-,17+,18?. The minimum Gasteiger partial charge on any atom is -0.374 e. The van der Waals surface area contributed by atoms with E-state index in [9.17, 15) is 4.79 Å². The van der Waals surface area contributed by atoms with E-state index in [0.29, 0.717) is 22.9 Å². The predicted octanol–water partition coefficient (Wildman–Crippen LogP) is 4.65. The number of fused-ring (bicyclic) bond motifs is 2. The van der Waals surface area contributed by atoms with Crippen molar-refractivity contribution in [2.45, 2.75) is 39.0 Å². The second-order valence-electron chi connectivity index (χ2n) is 9.67. The normalized spacial score (nSPS) is 18.8. The summed E-state index contributed by atoms with van der Waals surface area (Å²) in [6.45, 7) is 7.82. The predicted molar refractivity (Wildman–Crippen MR) is 146 cm³/mol. The number of anilines is 2. The van der Waals surface area contributed by atoms with E-state index in [1.54, 1.807) is 18.5 Å². The number of hydrogen-bond donors (Lipinski definition) is 3. The average molecular weight is 496 g/mol. The van der Waals surface area contributed by atoms with Crippen molar-refractivity contribution in [1.29, 1.82) is 0 Å². The number of morpholine rings is 1. The summed E-state index contributed by atoms with van der Waals surface area (Å²) >= 11 is 0. The number of benzene rings is 2. The van der Waals surface area contributed by atoms with Crippen LogP contribution in [0.4, 0.5) is 11.4 Å². The number of ether oxygens (including phenoxy) is 1. The number of rotatable bonds is 5. The molecule has 1 unspecified atom stereocenters. The van der Waals surface area contributed by atoms with Crippen LogP contribution in [0.5, 0.6) is 0 Å². The maximum atomic E-state index is 13.4. The van der Waals surface area contributed by atoms with Crippen molar-refractivity contribution in [1.82, 2.24) is 24.9 Å². The van der Waals surface area contributed by atoms with Gasteiger partial charge in [-0.05, 0) is 51.1 Å². The van der Waals surface area contributed by atoms with E-state index in [0.717, 1.165) is 40.7 Å². The molecule has 0 amide bonds. The smallest absolute Gasteiger partial charge is 0.261 e. The third-order valence-corrected chi connectivity index (χ3v) is 6.74. The summed E-state index contributed by atoms with van der Waals surface area (Å²) in [6.07, 6.45) is 3.75. The SMILES string of the molecule is CC(Nc1c(-c2nc3ccc(N4C[C@@H](C)O[C@@H](C)C4)cc3[nH]2)c(=O)[nH]c2ccccc12)c1ncccn1. The first kappa shape index (κ1) is 23.2.